The van der Waals surface area contributed by atoms with Gasteiger partial charge in [0, 0.05) is 17.7 Å². The van der Waals surface area contributed by atoms with E-state index >= 15 is 0 Å². The van der Waals surface area contributed by atoms with E-state index in [0.29, 0.717) is 0 Å². The fourth-order valence-corrected chi connectivity index (χ4v) is 1.88. The average Bonchev–Trinajstić information content (AvgIpc) is 2.48. The zero-order chi connectivity index (χ0) is 15.4. The van der Waals surface area contributed by atoms with Crippen molar-refractivity contribution in [2.75, 3.05) is 0 Å². The molecular weight excluding hydrogens is 275 g/mol. The third-order valence-electron chi connectivity index (χ3n) is 3.04. The molecule has 2 rings (SSSR count). The van der Waals surface area contributed by atoms with Crippen molar-refractivity contribution in [3.63, 3.8) is 0 Å². The molecule has 1 N–H and O–H groups in total. The largest absolute Gasteiger partial charge is 0.346 e. The first-order valence-electron chi connectivity index (χ1n) is 6.28. The number of hydrogen-bond acceptors (Lipinski definition) is 3. The van der Waals surface area contributed by atoms with E-state index in [2.05, 4.69) is 5.32 Å². The number of nitro benzene ring substituents is 1. The lowest BCUT2D eigenvalue weighted by molar-refractivity contribution is -0.384. The number of hydrogen-bond donors (Lipinski definition) is 1. The highest BCUT2D eigenvalue weighted by molar-refractivity contribution is 5.95. The lowest BCUT2D eigenvalue weighted by Crippen LogP contribution is -2.26. The molecule has 0 aromatic heterocycles. The van der Waals surface area contributed by atoms with Gasteiger partial charge >= 0.3 is 0 Å². The van der Waals surface area contributed by atoms with Crippen LogP contribution in [0.4, 0.5) is 10.1 Å². The Balaban J connectivity index is 2.12. The average molecular weight is 288 g/mol. The zero-order valence-corrected chi connectivity index (χ0v) is 11.2. The van der Waals surface area contributed by atoms with Gasteiger partial charge in [0.2, 0.25) is 0 Å². The number of carbonyl (C=O) groups excluding carboxylic acids is 1. The monoisotopic (exact) mass is 288 g/mol. The molecule has 0 aliphatic rings. The van der Waals surface area contributed by atoms with Crippen molar-refractivity contribution in [3.05, 3.63) is 75.6 Å². The highest BCUT2D eigenvalue weighted by Crippen LogP contribution is 2.16. The number of rotatable bonds is 4. The minimum absolute atomic E-state index is 0.142. The number of amides is 1. The summed E-state index contributed by atoms with van der Waals surface area (Å²) in [6.07, 6.45) is 0. The Morgan fingerprint density at radius 3 is 2.52 bits per heavy atom. The molecule has 6 heteroatoms. The van der Waals surface area contributed by atoms with Gasteiger partial charge in [-0.15, -0.1) is 0 Å². The molecular formula is C15H13FN2O3. The van der Waals surface area contributed by atoms with Gasteiger partial charge in [0.1, 0.15) is 5.82 Å². The molecule has 0 spiro atoms. The summed E-state index contributed by atoms with van der Waals surface area (Å²) in [5.41, 5.74) is 0.811. The summed E-state index contributed by atoms with van der Waals surface area (Å²) in [4.78, 5) is 22.2. The summed E-state index contributed by atoms with van der Waals surface area (Å²) in [6.45, 7) is 1.75. The predicted octanol–water partition coefficient (Wildman–Crippen LogP) is 3.22. The molecule has 2 aromatic rings. The van der Waals surface area contributed by atoms with Gasteiger partial charge in [-0.05, 0) is 30.7 Å². The molecule has 0 fully saturated rings. The Labute approximate surface area is 120 Å². The first-order valence-corrected chi connectivity index (χ1v) is 6.28. The van der Waals surface area contributed by atoms with Gasteiger partial charge in [0.15, 0.2) is 0 Å². The van der Waals surface area contributed by atoms with Crippen molar-refractivity contribution < 1.29 is 14.1 Å². The minimum Gasteiger partial charge on any atom is -0.346 e. The van der Waals surface area contributed by atoms with Crippen LogP contribution in [0.1, 0.15) is 28.9 Å². The van der Waals surface area contributed by atoms with Crippen molar-refractivity contribution >= 4 is 11.6 Å². The standard InChI is InChI=1S/C15H13FN2O3/c1-10(11-5-7-13(16)8-6-11)17-15(19)12-3-2-4-14(9-12)18(20)21/h2-10H,1H3,(H,17,19)/t10-/m0/s1. The summed E-state index contributed by atoms with van der Waals surface area (Å²) >= 11 is 0. The third kappa shape index (κ3) is 3.62. The van der Waals surface area contributed by atoms with E-state index in [1.54, 1.807) is 19.1 Å². The molecule has 0 aliphatic heterocycles. The van der Waals surface area contributed by atoms with E-state index in [1.165, 1.54) is 36.4 Å². The van der Waals surface area contributed by atoms with E-state index in [1.807, 2.05) is 0 Å². The molecule has 0 bridgehead atoms. The van der Waals surface area contributed by atoms with E-state index < -0.39 is 10.8 Å². The first-order chi connectivity index (χ1) is 9.97. The molecule has 0 heterocycles. The Morgan fingerprint density at radius 2 is 1.90 bits per heavy atom. The molecule has 21 heavy (non-hydrogen) atoms. The number of nitro groups is 1. The molecule has 0 radical (unpaired) electrons. The summed E-state index contributed by atoms with van der Waals surface area (Å²) in [5.74, 6) is -0.772. The Bertz CT molecular complexity index is 671. The fraction of sp³-hybridized carbons (Fsp3) is 0.133. The van der Waals surface area contributed by atoms with Crippen LogP contribution < -0.4 is 5.32 Å². The van der Waals surface area contributed by atoms with Crippen LogP contribution in [0.25, 0.3) is 0 Å². The normalized spacial score (nSPS) is 11.7. The molecule has 1 amide bonds. The van der Waals surface area contributed by atoms with Gasteiger partial charge in [0.05, 0.1) is 11.0 Å². The highest BCUT2D eigenvalue weighted by atomic mass is 19.1. The number of non-ortho nitro benzene ring substituents is 1. The maximum atomic E-state index is 12.8. The second-order valence-electron chi connectivity index (χ2n) is 4.55. The van der Waals surface area contributed by atoms with Crippen molar-refractivity contribution in [1.29, 1.82) is 0 Å². The Hall–Kier alpha value is -2.76. The van der Waals surface area contributed by atoms with Gasteiger partial charge in [-0.1, -0.05) is 18.2 Å². The predicted molar refractivity (Wildman–Crippen MR) is 75.4 cm³/mol. The lowest BCUT2D eigenvalue weighted by atomic mass is 10.1. The van der Waals surface area contributed by atoms with Crippen LogP contribution in [0.3, 0.4) is 0 Å². The first kappa shape index (κ1) is 14.6. The van der Waals surface area contributed by atoms with E-state index in [-0.39, 0.29) is 23.1 Å². The second kappa shape index (κ2) is 6.13. The molecule has 1 atom stereocenters. The van der Waals surface area contributed by atoms with Crippen LogP contribution in [-0.2, 0) is 0 Å². The Morgan fingerprint density at radius 1 is 1.24 bits per heavy atom. The van der Waals surface area contributed by atoms with Gasteiger partial charge in [-0.3, -0.25) is 14.9 Å². The second-order valence-corrected chi connectivity index (χ2v) is 4.55. The highest BCUT2D eigenvalue weighted by Gasteiger charge is 2.14. The van der Waals surface area contributed by atoms with E-state index in [4.69, 9.17) is 0 Å². The smallest absolute Gasteiger partial charge is 0.270 e. The van der Waals surface area contributed by atoms with E-state index in [9.17, 15) is 19.3 Å². The molecule has 0 saturated heterocycles. The molecule has 0 saturated carbocycles. The van der Waals surface area contributed by atoms with Crippen LogP contribution in [0.2, 0.25) is 0 Å². The summed E-state index contributed by atoms with van der Waals surface area (Å²) in [7, 11) is 0. The van der Waals surface area contributed by atoms with Crippen molar-refractivity contribution in [2.24, 2.45) is 0 Å². The summed E-state index contributed by atoms with van der Waals surface area (Å²) in [6, 6.07) is 10.9. The number of nitrogens with one attached hydrogen (secondary N) is 1. The topological polar surface area (TPSA) is 72.2 Å². The maximum absolute atomic E-state index is 12.8. The van der Waals surface area contributed by atoms with Gasteiger partial charge in [-0.2, -0.15) is 0 Å². The van der Waals surface area contributed by atoms with E-state index in [0.717, 1.165) is 5.56 Å². The minimum atomic E-state index is -0.555. The lowest BCUT2D eigenvalue weighted by Gasteiger charge is -2.14. The summed E-state index contributed by atoms with van der Waals surface area (Å²) in [5, 5.41) is 13.4. The maximum Gasteiger partial charge on any atom is 0.270 e. The number of nitrogens with zero attached hydrogens (tertiary/aromatic N) is 1. The van der Waals surface area contributed by atoms with Crippen LogP contribution in [-0.4, -0.2) is 10.8 Å². The molecule has 108 valence electrons. The van der Waals surface area contributed by atoms with Crippen molar-refractivity contribution in [2.45, 2.75) is 13.0 Å². The molecule has 0 aliphatic carbocycles. The zero-order valence-electron chi connectivity index (χ0n) is 11.2. The fourth-order valence-electron chi connectivity index (χ4n) is 1.88. The van der Waals surface area contributed by atoms with Crippen molar-refractivity contribution in [1.82, 2.24) is 5.32 Å². The van der Waals surface area contributed by atoms with Crippen LogP contribution >= 0.6 is 0 Å². The van der Waals surface area contributed by atoms with Gasteiger partial charge in [0.25, 0.3) is 11.6 Å². The molecule has 0 unspecified atom stereocenters. The van der Waals surface area contributed by atoms with Crippen LogP contribution in [0.15, 0.2) is 48.5 Å². The molecule has 5 nitrogen and oxygen atoms in total. The van der Waals surface area contributed by atoms with Gasteiger partial charge in [-0.25, -0.2) is 4.39 Å². The van der Waals surface area contributed by atoms with Crippen molar-refractivity contribution in [3.8, 4) is 0 Å². The Kier molecular flexibility index (Phi) is 4.27. The van der Waals surface area contributed by atoms with Gasteiger partial charge < -0.3 is 5.32 Å². The number of halogens is 1. The number of benzene rings is 2. The molecule has 2 aromatic carbocycles. The van der Waals surface area contributed by atoms with Crippen LogP contribution in [0, 0.1) is 15.9 Å². The van der Waals surface area contributed by atoms with Crippen LogP contribution in [0.5, 0.6) is 0 Å². The quantitative estimate of drug-likeness (QED) is 0.693. The number of carbonyl (C=O) groups is 1. The third-order valence-corrected chi connectivity index (χ3v) is 3.04. The summed E-state index contributed by atoms with van der Waals surface area (Å²) < 4.78 is 12.8. The SMILES string of the molecule is C[C@H](NC(=O)c1cccc([N+](=O)[O-])c1)c1ccc(F)cc1.